The molecular formula is C9H16N2O2. The van der Waals surface area contributed by atoms with Gasteiger partial charge in [0.05, 0.1) is 0 Å². The Bertz CT molecular complexity index is 218. The summed E-state index contributed by atoms with van der Waals surface area (Å²) in [4.78, 5) is 11.2. The fraction of sp³-hybridized carbons (Fsp3) is 0.667. The molecule has 0 spiro atoms. The SMILES string of the molecule is CC(C)(C)OC(=O)NN1C=CCC1. The predicted octanol–water partition coefficient (Wildman–Crippen LogP) is 1.65. The largest absolute Gasteiger partial charge is 0.443 e. The Morgan fingerprint density at radius 2 is 2.23 bits per heavy atom. The topological polar surface area (TPSA) is 41.6 Å². The Morgan fingerprint density at radius 3 is 2.69 bits per heavy atom. The van der Waals surface area contributed by atoms with Crippen LogP contribution in [0, 0.1) is 0 Å². The molecule has 0 aliphatic carbocycles. The highest BCUT2D eigenvalue weighted by Crippen LogP contribution is 2.07. The molecule has 13 heavy (non-hydrogen) atoms. The number of ether oxygens (including phenoxy) is 1. The lowest BCUT2D eigenvalue weighted by molar-refractivity contribution is 0.0404. The third kappa shape index (κ3) is 3.83. The third-order valence-corrected chi connectivity index (χ3v) is 1.46. The van der Waals surface area contributed by atoms with Crippen LogP contribution in [0.1, 0.15) is 27.2 Å². The van der Waals surface area contributed by atoms with Crippen LogP contribution < -0.4 is 5.43 Å². The van der Waals surface area contributed by atoms with Crippen molar-refractivity contribution in [1.29, 1.82) is 0 Å². The minimum Gasteiger partial charge on any atom is -0.443 e. The number of hydrogen-bond acceptors (Lipinski definition) is 3. The summed E-state index contributed by atoms with van der Waals surface area (Å²) in [6.45, 7) is 6.34. The number of rotatable bonds is 1. The van der Waals surface area contributed by atoms with Crippen LogP contribution in [0.15, 0.2) is 12.3 Å². The molecule has 1 amide bonds. The van der Waals surface area contributed by atoms with E-state index in [0.717, 1.165) is 13.0 Å². The molecule has 1 N–H and O–H groups in total. The molecule has 0 radical (unpaired) electrons. The van der Waals surface area contributed by atoms with Crippen LogP contribution in [0.4, 0.5) is 4.79 Å². The van der Waals surface area contributed by atoms with Gasteiger partial charge in [-0.25, -0.2) is 10.2 Å². The lowest BCUT2D eigenvalue weighted by Crippen LogP contribution is -2.40. The van der Waals surface area contributed by atoms with Crippen LogP contribution in [0.5, 0.6) is 0 Å². The van der Waals surface area contributed by atoms with Gasteiger partial charge in [0.1, 0.15) is 5.60 Å². The zero-order valence-corrected chi connectivity index (χ0v) is 8.33. The molecule has 0 atom stereocenters. The molecule has 1 heterocycles. The van der Waals surface area contributed by atoms with Gasteiger partial charge in [0.25, 0.3) is 0 Å². The highest BCUT2D eigenvalue weighted by molar-refractivity contribution is 5.67. The summed E-state index contributed by atoms with van der Waals surface area (Å²) in [5.41, 5.74) is 2.18. The second-order valence-corrected chi connectivity index (χ2v) is 3.98. The van der Waals surface area contributed by atoms with Gasteiger partial charge in [0.2, 0.25) is 0 Å². The van der Waals surface area contributed by atoms with Crippen molar-refractivity contribution in [2.24, 2.45) is 0 Å². The van der Waals surface area contributed by atoms with Crippen LogP contribution in [-0.4, -0.2) is 23.2 Å². The second kappa shape index (κ2) is 3.68. The van der Waals surface area contributed by atoms with E-state index in [4.69, 9.17) is 4.74 Å². The van der Waals surface area contributed by atoms with Crippen molar-refractivity contribution in [3.63, 3.8) is 0 Å². The summed E-state index contributed by atoms with van der Waals surface area (Å²) in [5, 5.41) is 1.72. The van der Waals surface area contributed by atoms with Gasteiger partial charge >= 0.3 is 6.09 Å². The molecule has 1 aliphatic heterocycles. The van der Waals surface area contributed by atoms with Crippen LogP contribution in [-0.2, 0) is 4.74 Å². The van der Waals surface area contributed by atoms with E-state index >= 15 is 0 Å². The van der Waals surface area contributed by atoms with E-state index in [2.05, 4.69) is 5.43 Å². The van der Waals surface area contributed by atoms with E-state index in [-0.39, 0.29) is 0 Å². The van der Waals surface area contributed by atoms with E-state index in [1.807, 2.05) is 33.0 Å². The molecule has 0 aromatic rings. The van der Waals surface area contributed by atoms with Gasteiger partial charge in [0, 0.05) is 12.7 Å². The number of amides is 1. The molecular weight excluding hydrogens is 168 g/mol. The molecule has 0 fully saturated rings. The summed E-state index contributed by atoms with van der Waals surface area (Å²) < 4.78 is 5.07. The number of carbonyl (C=O) groups is 1. The first kappa shape index (κ1) is 9.89. The van der Waals surface area contributed by atoms with Crippen molar-refractivity contribution in [2.45, 2.75) is 32.8 Å². The number of nitrogens with one attached hydrogen (secondary N) is 1. The number of hydrazine groups is 1. The Balaban J connectivity index is 2.29. The molecule has 4 heteroatoms. The molecule has 1 rings (SSSR count). The lowest BCUT2D eigenvalue weighted by atomic mass is 10.2. The van der Waals surface area contributed by atoms with Crippen molar-refractivity contribution in [1.82, 2.24) is 10.4 Å². The minimum absolute atomic E-state index is 0.404. The molecule has 0 aromatic carbocycles. The van der Waals surface area contributed by atoms with Gasteiger partial charge in [-0.15, -0.1) is 0 Å². The fourth-order valence-corrected chi connectivity index (χ4v) is 1.00. The Hall–Kier alpha value is -1.19. The first-order valence-electron chi connectivity index (χ1n) is 4.40. The highest BCUT2D eigenvalue weighted by atomic mass is 16.6. The highest BCUT2D eigenvalue weighted by Gasteiger charge is 2.17. The normalized spacial score (nSPS) is 16.1. The maximum absolute atomic E-state index is 11.2. The quantitative estimate of drug-likeness (QED) is 0.673. The maximum atomic E-state index is 11.2. The molecule has 0 bridgehead atoms. The summed E-state index contributed by atoms with van der Waals surface area (Å²) in [6, 6.07) is 0. The molecule has 0 aromatic heterocycles. The van der Waals surface area contributed by atoms with E-state index in [9.17, 15) is 4.79 Å². The third-order valence-electron chi connectivity index (χ3n) is 1.46. The number of carbonyl (C=O) groups excluding carboxylic acids is 1. The molecule has 0 saturated heterocycles. The zero-order chi connectivity index (χ0) is 9.90. The van der Waals surface area contributed by atoms with E-state index in [0.29, 0.717) is 0 Å². The Morgan fingerprint density at radius 1 is 1.54 bits per heavy atom. The van der Waals surface area contributed by atoms with E-state index in [1.165, 1.54) is 0 Å². The molecule has 1 aliphatic rings. The fourth-order valence-electron chi connectivity index (χ4n) is 1.00. The molecule has 4 nitrogen and oxygen atoms in total. The summed E-state index contributed by atoms with van der Waals surface area (Å²) in [6.07, 6.45) is 4.40. The Kier molecular flexibility index (Phi) is 2.80. The summed E-state index contributed by atoms with van der Waals surface area (Å²) >= 11 is 0. The van der Waals surface area contributed by atoms with E-state index in [1.54, 1.807) is 5.01 Å². The van der Waals surface area contributed by atoms with Gasteiger partial charge in [0.15, 0.2) is 0 Å². The van der Waals surface area contributed by atoms with Crippen LogP contribution in [0.3, 0.4) is 0 Å². The minimum atomic E-state index is -0.437. The van der Waals surface area contributed by atoms with Gasteiger partial charge in [-0.05, 0) is 27.2 Å². The van der Waals surface area contributed by atoms with Crippen molar-refractivity contribution in [3.8, 4) is 0 Å². The van der Waals surface area contributed by atoms with Crippen molar-refractivity contribution >= 4 is 6.09 Å². The molecule has 74 valence electrons. The summed E-state index contributed by atoms with van der Waals surface area (Å²) in [7, 11) is 0. The second-order valence-electron chi connectivity index (χ2n) is 3.98. The van der Waals surface area contributed by atoms with Crippen molar-refractivity contribution in [3.05, 3.63) is 12.3 Å². The average Bonchev–Trinajstić information content (AvgIpc) is 2.34. The van der Waals surface area contributed by atoms with Crippen LogP contribution in [0.2, 0.25) is 0 Å². The molecule has 0 saturated carbocycles. The first-order chi connectivity index (χ1) is 5.97. The number of hydrogen-bond donors (Lipinski definition) is 1. The smallest absolute Gasteiger partial charge is 0.426 e. The van der Waals surface area contributed by atoms with Gasteiger partial charge < -0.3 is 4.74 Å². The number of nitrogens with zero attached hydrogens (tertiary/aromatic N) is 1. The first-order valence-corrected chi connectivity index (χ1v) is 4.40. The zero-order valence-electron chi connectivity index (χ0n) is 8.33. The van der Waals surface area contributed by atoms with Crippen LogP contribution >= 0.6 is 0 Å². The average molecular weight is 184 g/mol. The maximum Gasteiger partial charge on any atom is 0.426 e. The van der Waals surface area contributed by atoms with Crippen molar-refractivity contribution < 1.29 is 9.53 Å². The van der Waals surface area contributed by atoms with Gasteiger partial charge in [-0.3, -0.25) is 5.01 Å². The monoisotopic (exact) mass is 184 g/mol. The van der Waals surface area contributed by atoms with Gasteiger partial charge in [-0.1, -0.05) is 6.08 Å². The predicted molar refractivity (Wildman–Crippen MR) is 49.8 cm³/mol. The standard InChI is InChI=1S/C9H16N2O2/c1-9(2,3)13-8(12)10-11-6-4-5-7-11/h4,6H,5,7H2,1-3H3,(H,10,12). The van der Waals surface area contributed by atoms with Crippen LogP contribution in [0.25, 0.3) is 0 Å². The molecule has 0 unspecified atom stereocenters. The lowest BCUT2D eigenvalue weighted by Gasteiger charge is -2.23. The van der Waals surface area contributed by atoms with Gasteiger partial charge in [-0.2, -0.15) is 0 Å². The summed E-state index contributed by atoms with van der Waals surface area (Å²) in [5.74, 6) is 0. The van der Waals surface area contributed by atoms with E-state index < -0.39 is 11.7 Å². The van der Waals surface area contributed by atoms with Crippen molar-refractivity contribution in [2.75, 3.05) is 6.54 Å². The Labute approximate surface area is 78.5 Å².